The Morgan fingerprint density at radius 3 is 2.59 bits per heavy atom. The van der Waals surface area contributed by atoms with Gasteiger partial charge >= 0.3 is 6.18 Å². The van der Waals surface area contributed by atoms with Gasteiger partial charge in [0.1, 0.15) is 5.82 Å². The molecule has 0 fully saturated rings. The van der Waals surface area contributed by atoms with Crippen LogP contribution >= 0.6 is 23.4 Å². The van der Waals surface area contributed by atoms with Crippen LogP contribution in [0.25, 0.3) is 5.69 Å². The molecule has 8 nitrogen and oxygen atoms in total. The highest BCUT2D eigenvalue weighted by molar-refractivity contribution is 7.99. The van der Waals surface area contributed by atoms with E-state index >= 15 is 0 Å². The van der Waals surface area contributed by atoms with Crippen molar-refractivity contribution in [2.75, 3.05) is 6.54 Å². The Balaban J connectivity index is 2.02. The lowest BCUT2D eigenvalue weighted by molar-refractivity contribution is -0.388. The molecule has 3 rings (SSSR count). The van der Waals surface area contributed by atoms with Gasteiger partial charge < -0.3 is 5.32 Å². The van der Waals surface area contributed by atoms with Gasteiger partial charge in [-0.1, -0.05) is 17.7 Å². The first-order chi connectivity index (χ1) is 16.0. The summed E-state index contributed by atoms with van der Waals surface area (Å²) < 4.78 is 40.8. The summed E-state index contributed by atoms with van der Waals surface area (Å²) in [5.41, 5.74) is -0.386. The van der Waals surface area contributed by atoms with E-state index in [0.717, 1.165) is 29.5 Å². The number of aromatic nitrogens is 3. The normalized spacial score (nSPS) is 11.5. The number of nitrogens with one attached hydrogen (secondary N) is 1. The van der Waals surface area contributed by atoms with Crippen LogP contribution in [0.3, 0.4) is 0 Å². The summed E-state index contributed by atoms with van der Waals surface area (Å²) in [5, 5.41) is 23.2. The molecule has 13 heteroatoms. The molecule has 0 aliphatic heterocycles. The third-order valence-corrected chi connectivity index (χ3v) is 6.17. The van der Waals surface area contributed by atoms with Crippen LogP contribution in [-0.2, 0) is 17.4 Å². The van der Waals surface area contributed by atoms with Crippen LogP contribution in [-0.4, -0.2) is 32.1 Å². The van der Waals surface area contributed by atoms with Crippen LogP contribution in [0.4, 0.5) is 18.9 Å². The summed E-state index contributed by atoms with van der Waals surface area (Å²) in [5.74, 6) is 0.333. The fourth-order valence-electron chi connectivity index (χ4n) is 3.04. The van der Waals surface area contributed by atoms with Crippen molar-refractivity contribution in [2.45, 2.75) is 42.9 Å². The maximum atomic E-state index is 13.1. The number of nitro benzene ring substituents is 1. The molecule has 0 saturated carbocycles. The highest BCUT2D eigenvalue weighted by Crippen LogP contribution is 2.39. The van der Waals surface area contributed by atoms with Crippen molar-refractivity contribution in [1.82, 2.24) is 20.1 Å². The van der Waals surface area contributed by atoms with Crippen LogP contribution in [0.5, 0.6) is 0 Å². The summed E-state index contributed by atoms with van der Waals surface area (Å²) in [6.07, 6.45) is -3.76. The van der Waals surface area contributed by atoms with Crippen molar-refractivity contribution in [3.63, 3.8) is 0 Å². The second kappa shape index (κ2) is 10.4. The molecule has 0 bridgehead atoms. The van der Waals surface area contributed by atoms with Gasteiger partial charge in [0.15, 0.2) is 0 Å². The van der Waals surface area contributed by atoms with Gasteiger partial charge in [0.25, 0.3) is 5.69 Å². The van der Waals surface area contributed by atoms with Gasteiger partial charge in [0.2, 0.25) is 11.1 Å². The highest BCUT2D eigenvalue weighted by Gasteiger charge is 2.33. The van der Waals surface area contributed by atoms with Gasteiger partial charge in [-0.15, -0.1) is 10.2 Å². The number of aryl methyl sites for hydroxylation is 2. The van der Waals surface area contributed by atoms with Crippen LogP contribution in [0, 0.1) is 17.0 Å². The smallest absolute Gasteiger partial charge is 0.356 e. The van der Waals surface area contributed by atoms with Crippen LogP contribution in [0.15, 0.2) is 46.5 Å². The van der Waals surface area contributed by atoms with Gasteiger partial charge in [-0.2, -0.15) is 13.2 Å². The molecule has 180 valence electrons. The maximum Gasteiger partial charge on any atom is 0.416 e. The topological polar surface area (TPSA) is 103 Å². The van der Waals surface area contributed by atoms with Crippen molar-refractivity contribution in [3.8, 4) is 5.69 Å². The Morgan fingerprint density at radius 2 is 1.97 bits per heavy atom. The molecule has 0 aliphatic rings. The number of rotatable bonds is 8. The van der Waals surface area contributed by atoms with Gasteiger partial charge in [-0.05, 0) is 54.9 Å². The van der Waals surface area contributed by atoms with E-state index in [1.807, 2.05) is 6.92 Å². The Morgan fingerprint density at radius 1 is 1.24 bits per heavy atom. The fourth-order valence-corrected chi connectivity index (χ4v) is 4.17. The summed E-state index contributed by atoms with van der Waals surface area (Å²) in [4.78, 5) is 21.7. The second-order valence-corrected chi connectivity index (χ2v) is 8.71. The lowest BCUT2D eigenvalue weighted by Crippen LogP contribution is -2.21. The summed E-state index contributed by atoms with van der Waals surface area (Å²) in [6, 6.07) is 7.57. The van der Waals surface area contributed by atoms with E-state index in [2.05, 4.69) is 15.5 Å². The average molecular weight is 514 g/mol. The Bertz CT molecular complexity index is 1230. The molecule has 0 spiro atoms. The number of hydrogen-bond donors (Lipinski definition) is 1. The minimum atomic E-state index is -4.71. The lowest BCUT2D eigenvalue weighted by Gasteiger charge is -2.12. The molecule has 1 amide bonds. The number of carbonyl (C=O) groups excluding carboxylic acids is 1. The van der Waals surface area contributed by atoms with E-state index in [9.17, 15) is 28.1 Å². The zero-order valence-electron chi connectivity index (χ0n) is 18.0. The SMILES string of the molecule is CC(=O)NCCCc1nnc(Sc2ccc(C(F)(F)F)cc2[N+](=O)[O-])n1-c1ccc(C)c(Cl)c1. The Hall–Kier alpha value is -3.12. The largest absolute Gasteiger partial charge is 0.416 e. The summed E-state index contributed by atoms with van der Waals surface area (Å²) in [7, 11) is 0. The van der Waals surface area contributed by atoms with E-state index in [1.165, 1.54) is 6.92 Å². The van der Waals surface area contributed by atoms with Crippen molar-refractivity contribution < 1.29 is 22.9 Å². The molecule has 1 aromatic heterocycles. The molecule has 3 aromatic rings. The standard InChI is InChI=1S/C21H19ClF3N5O3S/c1-12-5-7-15(11-16(12)22)29-19(4-3-9-26-13(2)31)27-28-20(29)34-18-8-6-14(21(23,24)25)10-17(18)30(32)33/h5-8,10-11H,3-4,9H2,1-2H3,(H,26,31). The summed E-state index contributed by atoms with van der Waals surface area (Å²) in [6.45, 7) is 3.64. The number of amides is 1. The van der Waals surface area contributed by atoms with E-state index in [-0.39, 0.29) is 16.0 Å². The third-order valence-electron chi connectivity index (χ3n) is 4.75. The fraction of sp³-hybridized carbons (Fsp3) is 0.286. The molecule has 1 N–H and O–H groups in total. The van der Waals surface area contributed by atoms with E-state index in [4.69, 9.17) is 11.6 Å². The molecule has 1 heterocycles. The quantitative estimate of drug-likeness (QED) is 0.246. The molecule has 2 aromatic carbocycles. The number of nitrogens with zero attached hydrogens (tertiary/aromatic N) is 4. The van der Waals surface area contributed by atoms with Crippen molar-refractivity contribution in [3.05, 3.63) is 68.5 Å². The minimum absolute atomic E-state index is 0.0188. The molecular formula is C21H19ClF3N5O3S. The van der Waals surface area contributed by atoms with Crippen LogP contribution < -0.4 is 5.32 Å². The number of benzene rings is 2. The average Bonchev–Trinajstić information content (AvgIpc) is 3.14. The molecule has 0 saturated heterocycles. The monoisotopic (exact) mass is 513 g/mol. The van der Waals surface area contributed by atoms with Crippen molar-refractivity contribution in [2.24, 2.45) is 0 Å². The molecule has 0 unspecified atom stereocenters. The van der Waals surface area contributed by atoms with Crippen molar-refractivity contribution in [1.29, 1.82) is 0 Å². The maximum absolute atomic E-state index is 13.1. The minimum Gasteiger partial charge on any atom is -0.356 e. The highest BCUT2D eigenvalue weighted by atomic mass is 35.5. The molecule has 34 heavy (non-hydrogen) atoms. The van der Waals surface area contributed by atoms with E-state index in [0.29, 0.717) is 42.0 Å². The Labute approximate surface area is 201 Å². The molecular weight excluding hydrogens is 495 g/mol. The van der Waals surface area contributed by atoms with Gasteiger partial charge in [0, 0.05) is 31.0 Å². The Kier molecular flexibility index (Phi) is 7.82. The van der Waals surface area contributed by atoms with Crippen molar-refractivity contribution >= 4 is 35.0 Å². The lowest BCUT2D eigenvalue weighted by atomic mass is 10.2. The molecule has 0 aliphatic carbocycles. The van der Waals surface area contributed by atoms with Crippen LogP contribution in [0.1, 0.15) is 30.3 Å². The predicted octanol–water partition coefficient (Wildman–Crippen LogP) is 5.38. The third kappa shape index (κ3) is 6.06. The van der Waals surface area contributed by atoms with Crippen LogP contribution in [0.2, 0.25) is 5.02 Å². The first-order valence-electron chi connectivity index (χ1n) is 9.96. The zero-order chi connectivity index (χ0) is 25.0. The van der Waals surface area contributed by atoms with Gasteiger partial charge in [-0.25, -0.2) is 0 Å². The predicted molar refractivity (Wildman–Crippen MR) is 120 cm³/mol. The second-order valence-electron chi connectivity index (χ2n) is 7.29. The first kappa shape index (κ1) is 25.5. The van der Waals surface area contributed by atoms with Gasteiger partial charge in [0.05, 0.1) is 21.1 Å². The van der Waals surface area contributed by atoms with Gasteiger partial charge in [-0.3, -0.25) is 19.5 Å². The van der Waals surface area contributed by atoms with E-state index in [1.54, 1.807) is 22.8 Å². The number of halogens is 4. The number of alkyl halides is 3. The summed E-state index contributed by atoms with van der Waals surface area (Å²) >= 11 is 7.11. The molecule has 0 radical (unpaired) electrons. The van der Waals surface area contributed by atoms with E-state index < -0.39 is 22.4 Å². The zero-order valence-corrected chi connectivity index (χ0v) is 19.6. The number of hydrogen-bond acceptors (Lipinski definition) is 6. The first-order valence-corrected chi connectivity index (χ1v) is 11.2. The number of nitro groups is 1. The molecule has 0 atom stereocenters. The number of carbonyl (C=O) groups is 1.